The summed E-state index contributed by atoms with van der Waals surface area (Å²) in [5.74, 6) is -0.269. The number of carboxylic acids is 1. The predicted molar refractivity (Wildman–Crippen MR) is 73.8 cm³/mol. The Balaban J connectivity index is 1.95. The van der Waals surface area contributed by atoms with E-state index in [2.05, 4.69) is 18.7 Å². The summed E-state index contributed by atoms with van der Waals surface area (Å²) in [7, 11) is 0. The van der Waals surface area contributed by atoms with Crippen molar-refractivity contribution < 1.29 is 14.6 Å². The van der Waals surface area contributed by atoms with Gasteiger partial charge >= 0.3 is 5.97 Å². The maximum Gasteiger partial charge on any atom is 0.335 e. The van der Waals surface area contributed by atoms with Crippen LogP contribution in [0, 0.1) is 0 Å². The van der Waals surface area contributed by atoms with Crippen LogP contribution in [-0.4, -0.2) is 41.2 Å². The Morgan fingerprint density at radius 1 is 1.58 bits per heavy atom. The first-order valence-corrected chi connectivity index (χ1v) is 6.84. The van der Waals surface area contributed by atoms with Gasteiger partial charge in [0.05, 0.1) is 5.56 Å². The molecule has 1 fully saturated rings. The first-order chi connectivity index (χ1) is 9.10. The van der Waals surface area contributed by atoms with Crippen LogP contribution < -0.4 is 4.74 Å². The average molecular weight is 263 g/mol. The molecule has 4 heteroatoms. The van der Waals surface area contributed by atoms with Crippen LogP contribution in [0.25, 0.3) is 0 Å². The molecule has 0 aromatic heterocycles. The minimum Gasteiger partial charge on any atom is -0.489 e. The van der Waals surface area contributed by atoms with E-state index in [1.54, 1.807) is 18.2 Å². The van der Waals surface area contributed by atoms with Gasteiger partial charge in [0, 0.05) is 19.1 Å². The topological polar surface area (TPSA) is 49.8 Å². The number of hydrogen-bond donors (Lipinski definition) is 1. The number of benzene rings is 1. The van der Waals surface area contributed by atoms with Crippen LogP contribution in [0.5, 0.6) is 5.75 Å². The fourth-order valence-electron chi connectivity index (χ4n) is 2.40. The highest BCUT2D eigenvalue weighted by Crippen LogP contribution is 2.21. The van der Waals surface area contributed by atoms with Crippen LogP contribution in [0.2, 0.25) is 0 Å². The van der Waals surface area contributed by atoms with Crippen LogP contribution in [0.3, 0.4) is 0 Å². The molecule has 104 valence electrons. The molecule has 0 spiro atoms. The molecule has 1 aromatic rings. The van der Waals surface area contributed by atoms with Crippen molar-refractivity contribution >= 4 is 5.97 Å². The number of nitrogens with zero attached hydrogens (tertiary/aromatic N) is 1. The highest BCUT2D eigenvalue weighted by molar-refractivity contribution is 5.87. The molecule has 1 aliphatic heterocycles. The first kappa shape index (κ1) is 13.9. The van der Waals surface area contributed by atoms with Crippen LogP contribution >= 0.6 is 0 Å². The lowest BCUT2D eigenvalue weighted by Gasteiger charge is -2.22. The Morgan fingerprint density at radius 3 is 3.05 bits per heavy atom. The lowest BCUT2D eigenvalue weighted by molar-refractivity contribution is 0.0696. The van der Waals surface area contributed by atoms with Gasteiger partial charge in [0.25, 0.3) is 0 Å². The van der Waals surface area contributed by atoms with Crippen molar-refractivity contribution in [3.05, 3.63) is 29.8 Å². The van der Waals surface area contributed by atoms with Gasteiger partial charge in [-0.1, -0.05) is 13.0 Å². The maximum atomic E-state index is 10.9. The molecule has 1 heterocycles. The van der Waals surface area contributed by atoms with Gasteiger partial charge in [0.2, 0.25) is 0 Å². The lowest BCUT2D eigenvalue weighted by atomic mass is 10.2. The zero-order valence-electron chi connectivity index (χ0n) is 11.5. The molecule has 4 nitrogen and oxygen atoms in total. The Bertz CT molecular complexity index is 447. The van der Waals surface area contributed by atoms with Gasteiger partial charge in [0.15, 0.2) is 0 Å². The predicted octanol–water partition coefficient (Wildman–Crippen LogP) is 2.64. The standard InChI is InChI=1S/C15H21NO3/c1-3-11(2)16-8-7-14(10-16)19-13-6-4-5-12(9-13)15(17)18/h4-6,9,11,14H,3,7-8,10H2,1-2H3,(H,17,18). The van der Waals surface area contributed by atoms with E-state index in [9.17, 15) is 4.79 Å². The molecule has 19 heavy (non-hydrogen) atoms. The molecule has 1 aromatic carbocycles. The normalized spacial score (nSPS) is 21.3. The summed E-state index contributed by atoms with van der Waals surface area (Å²) in [6, 6.07) is 7.29. The van der Waals surface area contributed by atoms with Gasteiger partial charge in [-0.05, 0) is 38.0 Å². The van der Waals surface area contributed by atoms with Crippen LogP contribution in [0.1, 0.15) is 37.0 Å². The summed E-state index contributed by atoms with van der Waals surface area (Å²) in [6.45, 7) is 6.40. The van der Waals surface area contributed by atoms with Crippen molar-refractivity contribution in [2.75, 3.05) is 13.1 Å². The molecule has 0 saturated carbocycles. The summed E-state index contributed by atoms with van der Waals surface area (Å²) in [6.07, 6.45) is 2.31. The van der Waals surface area contributed by atoms with E-state index in [1.807, 2.05) is 6.07 Å². The monoisotopic (exact) mass is 263 g/mol. The van der Waals surface area contributed by atoms with Crippen molar-refractivity contribution in [1.29, 1.82) is 0 Å². The van der Waals surface area contributed by atoms with E-state index in [1.165, 1.54) is 0 Å². The number of carbonyl (C=O) groups is 1. The molecule has 2 unspecified atom stereocenters. The fraction of sp³-hybridized carbons (Fsp3) is 0.533. The smallest absolute Gasteiger partial charge is 0.335 e. The van der Waals surface area contributed by atoms with Crippen molar-refractivity contribution in [1.82, 2.24) is 4.90 Å². The van der Waals surface area contributed by atoms with Crippen LogP contribution in [0.15, 0.2) is 24.3 Å². The second-order valence-electron chi connectivity index (χ2n) is 5.11. The second kappa shape index (κ2) is 6.06. The van der Waals surface area contributed by atoms with E-state index in [-0.39, 0.29) is 11.7 Å². The van der Waals surface area contributed by atoms with Gasteiger partial charge in [-0.3, -0.25) is 4.90 Å². The van der Waals surface area contributed by atoms with Gasteiger partial charge in [0.1, 0.15) is 11.9 Å². The van der Waals surface area contributed by atoms with Crippen molar-refractivity contribution in [3.8, 4) is 5.75 Å². The van der Waals surface area contributed by atoms with Gasteiger partial charge < -0.3 is 9.84 Å². The molecule has 0 radical (unpaired) electrons. The van der Waals surface area contributed by atoms with Crippen LogP contribution in [0.4, 0.5) is 0 Å². The van der Waals surface area contributed by atoms with E-state index in [4.69, 9.17) is 9.84 Å². The second-order valence-corrected chi connectivity index (χ2v) is 5.11. The number of ether oxygens (including phenoxy) is 1. The van der Waals surface area contributed by atoms with Gasteiger partial charge in [-0.2, -0.15) is 0 Å². The molecule has 2 atom stereocenters. The first-order valence-electron chi connectivity index (χ1n) is 6.84. The highest BCUT2D eigenvalue weighted by Gasteiger charge is 2.26. The summed E-state index contributed by atoms with van der Waals surface area (Å²) in [4.78, 5) is 13.3. The van der Waals surface area contributed by atoms with E-state index in [0.717, 1.165) is 25.9 Å². The zero-order chi connectivity index (χ0) is 13.8. The van der Waals surface area contributed by atoms with Crippen molar-refractivity contribution in [2.45, 2.75) is 38.8 Å². The molecule has 1 N–H and O–H groups in total. The molecular formula is C15H21NO3. The summed E-state index contributed by atoms with van der Waals surface area (Å²) < 4.78 is 5.89. The number of likely N-dealkylation sites (tertiary alicyclic amines) is 1. The molecule has 0 aliphatic carbocycles. The third kappa shape index (κ3) is 3.47. The summed E-state index contributed by atoms with van der Waals surface area (Å²) >= 11 is 0. The molecular weight excluding hydrogens is 242 g/mol. The largest absolute Gasteiger partial charge is 0.489 e. The van der Waals surface area contributed by atoms with E-state index >= 15 is 0 Å². The average Bonchev–Trinajstić information content (AvgIpc) is 2.86. The maximum absolute atomic E-state index is 10.9. The van der Waals surface area contributed by atoms with Crippen molar-refractivity contribution in [3.63, 3.8) is 0 Å². The highest BCUT2D eigenvalue weighted by atomic mass is 16.5. The third-order valence-electron chi connectivity index (χ3n) is 3.77. The molecule has 2 rings (SSSR count). The molecule has 1 saturated heterocycles. The Kier molecular flexibility index (Phi) is 4.43. The number of aromatic carboxylic acids is 1. The Labute approximate surface area is 114 Å². The van der Waals surface area contributed by atoms with Crippen molar-refractivity contribution in [2.24, 2.45) is 0 Å². The molecule has 0 amide bonds. The number of carboxylic acid groups (broad SMARTS) is 1. The zero-order valence-corrected chi connectivity index (χ0v) is 11.5. The summed E-state index contributed by atoms with van der Waals surface area (Å²) in [5.41, 5.74) is 0.272. The number of hydrogen-bond acceptors (Lipinski definition) is 3. The Morgan fingerprint density at radius 2 is 2.37 bits per heavy atom. The van der Waals surface area contributed by atoms with E-state index in [0.29, 0.717) is 11.8 Å². The molecule has 0 bridgehead atoms. The minimum absolute atomic E-state index is 0.165. The molecule has 1 aliphatic rings. The quantitative estimate of drug-likeness (QED) is 0.887. The minimum atomic E-state index is -0.918. The Hall–Kier alpha value is -1.55. The van der Waals surface area contributed by atoms with Gasteiger partial charge in [-0.25, -0.2) is 4.79 Å². The SMILES string of the molecule is CCC(C)N1CCC(Oc2cccc(C(=O)O)c2)C1. The van der Waals surface area contributed by atoms with Crippen LogP contribution in [-0.2, 0) is 0 Å². The number of rotatable bonds is 5. The van der Waals surface area contributed by atoms with Gasteiger partial charge in [-0.15, -0.1) is 0 Å². The summed E-state index contributed by atoms with van der Waals surface area (Å²) in [5, 5.41) is 8.95. The van der Waals surface area contributed by atoms with E-state index < -0.39 is 5.97 Å². The third-order valence-corrected chi connectivity index (χ3v) is 3.77. The lowest BCUT2D eigenvalue weighted by Crippen LogP contribution is -2.32. The fourth-order valence-corrected chi connectivity index (χ4v) is 2.40.